The van der Waals surface area contributed by atoms with E-state index in [9.17, 15) is 0 Å². The van der Waals surface area contributed by atoms with E-state index in [0.29, 0.717) is 5.92 Å². The molecule has 1 aromatic rings. The average Bonchev–Trinajstić information content (AvgIpc) is 2.23. The molecule has 1 rings (SSSR count). The maximum Gasteiger partial charge on any atom is 0.126 e. The molecule has 0 heterocycles. The summed E-state index contributed by atoms with van der Waals surface area (Å²) < 4.78 is 7.09. The zero-order valence-electron chi connectivity index (χ0n) is 12.9. The highest BCUT2D eigenvalue weighted by atomic mass is 79.9. The predicted molar refractivity (Wildman–Crippen MR) is 85.8 cm³/mol. The van der Waals surface area contributed by atoms with Gasteiger partial charge in [0.15, 0.2) is 0 Å². The first-order valence-corrected chi connectivity index (χ1v) is 7.65. The van der Waals surface area contributed by atoms with E-state index in [0.717, 1.165) is 23.4 Å². The first-order valence-electron chi connectivity index (χ1n) is 6.86. The molecule has 0 radical (unpaired) electrons. The minimum Gasteiger partial charge on any atom is -0.493 e. The van der Waals surface area contributed by atoms with Gasteiger partial charge >= 0.3 is 0 Å². The van der Waals surface area contributed by atoms with Crippen LogP contribution in [0.15, 0.2) is 16.6 Å². The number of halogens is 1. The molecule has 0 aliphatic heterocycles. The maximum atomic E-state index is 5.99. The van der Waals surface area contributed by atoms with E-state index in [1.54, 1.807) is 0 Å². The van der Waals surface area contributed by atoms with E-state index < -0.39 is 0 Å². The van der Waals surface area contributed by atoms with E-state index >= 15 is 0 Å². The minimum atomic E-state index is 0.103. The van der Waals surface area contributed by atoms with Crippen molar-refractivity contribution in [1.29, 1.82) is 0 Å². The van der Waals surface area contributed by atoms with Gasteiger partial charge in [-0.25, -0.2) is 0 Å². The van der Waals surface area contributed by atoms with E-state index in [2.05, 4.69) is 74.9 Å². The summed E-state index contributed by atoms with van der Waals surface area (Å²) in [5.41, 5.74) is 2.49. The van der Waals surface area contributed by atoms with Gasteiger partial charge in [0, 0.05) is 22.1 Å². The standard InChI is InChI=1S/C16H26BrNO/c1-11(2)10-19-15-12(3)7-14(17)8-13(15)9-18-16(4,5)6/h7-8,11,18H,9-10H2,1-6H3. The molecule has 0 aromatic heterocycles. The van der Waals surface area contributed by atoms with Gasteiger partial charge in [0.25, 0.3) is 0 Å². The van der Waals surface area contributed by atoms with Crippen molar-refractivity contribution in [2.24, 2.45) is 5.92 Å². The Labute approximate surface area is 126 Å². The van der Waals surface area contributed by atoms with Gasteiger partial charge in [-0.05, 0) is 51.3 Å². The van der Waals surface area contributed by atoms with Crippen LogP contribution in [0, 0.1) is 12.8 Å². The van der Waals surface area contributed by atoms with Crippen LogP contribution in [-0.2, 0) is 6.54 Å². The fraction of sp³-hybridized carbons (Fsp3) is 0.625. The highest BCUT2D eigenvalue weighted by molar-refractivity contribution is 9.10. The van der Waals surface area contributed by atoms with Crippen molar-refractivity contribution in [2.45, 2.75) is 53.6 Å². The van der Waals surface area contributed by atoms with Crippen molar-refractivity contribution in [3.63, 3.8) is 0 Å². The van der Waals surface area contributed by atoms with Crippen molar-refractivity contribution >= 4 is 15.9 Å². The Balaban J connectivity index is 2.92. The van der Waals surface area contributed by atoms with Gasteiger partial charge in [-0.1, -0.05) is 29.8 Å². The lowest BCUT2D eigenvalue weighted by Gasteiger charge is -2.23. The molecule has 0 unspecified atom stereocenters. The molecule has 0 saturated heterocycles. The molecule has 0 fully saturated rings. The average molecular weight is 328 g/mol. The van der Waals surface area contributed by atoms with Gasteiger partial charge in [-0.2, -0.15) is 0 Å². The molecular formula is C16H26BrNO. The Kier molecular flexibility index (Phi) is 5.87. The highest BCUT2D eigenvalue weighted by Gasteiger charge is 2.14. The van der Waals surface area contributed by atoms with Crippen LogP contribution in [0.1, 0.15) is 45.7 Å². The fourth-order valence-corrected chi connectivity index (χ4v) is 2.37. The van der Waals surface area contributed by atoms with Crippen LogP contribution in [0.4, 0.5) is 0 Å². The molecule has 1 aromatic carbocycles. The molecule has 1 N–H and O–H groups in total. The van der Waals surface area contributed by atoms with Crippen LogP contribution in [0.3, 0.4) is 0 Å². The van der Waals surface area contributed by atoms with Crippen LogP contribution in [0.2, 0.25) is 0 Å². The van der Waals surface area contributed by atoms with Crippen LogP contribution in [-0.4, -0.2) is 12.1 Å². The Hall–Kier alpha value is -0.540. The van der Waals surface area contributed by atoms with Crippen LogP contribution >= 0.6 is 15.9 Å². The van der Waals surface area contributed by atoms with E-state index in [1.165, 1.54) is 11.1 Å². The van der Waals surface area contributed by atoms with Crippen molar-refractivity contribution < 1.29 is 4.74 Å². The van der Waals surface area contributed by atoms with E-state index in [1.807, 2.05) is 0 Å². The molecule has 0 bridgehead atoms. The van der Waals surface area contributed by atoms with Gasteiger partial charge in [0.05, 0.1) is 6.61 Å². The van der Waals surface area contributed by atoms with Gasteiger partial charge in [0.2, 0.25) is 0 Å². The second kappa shape index (κ2) is 6.76. The lowest BCUT2D eigenvalue weighted by molar-refractivity contribution is 0.265. The lowest BCUT2D eigenvalue weighted by Crippen LogP contribution is -2.35. The van der Waals surface area contributed by atoms with Crippen molar-refractivity contribution in [1.82, 2.24) is 5.32 Å². The smallest absolute Gasteiger partial charge is 0.126 e. The summed E-state index contributed by atoms with van der Waals surface area (Å²) in [4.78, 5) is 0. The minimum absolute atomic E-state index is 0.103. The topological polar surface area (TPSA) is 21.3 Å². The zero-order chi connectivity index (χ0) is 14.6. The molecular weight excluding hydrogens is 302 g/mol. The second-order valence-electron chi connectivity index (χ2n) is 6.52. The second-order valence-corrected chi connectivity index (χ2v) is 7.44. The molecule has 0 saturated carbocycles. The number of aryl methyl sites for hydroxylation is 1. The van der Waals surface area contributed by atoms with E-state index in [4.69, 9.17) is 4.74 Å². The third kappa shape index (κ3) is 5.96. The molecule has 0 aliphatic carbocycles. The summed E-state index contributed by atoms with van der Waals surface area (Å²) in [5.74, 6) is 1.56. The monoisotopic (exact) mass is 327 g/mol. The van der Waals surface area contributed by atoms with E-state index in [-0.39, 0.29) is 5.54 Å². The first-order chi connectivity index (χ1) is 8.69. The number of hydrogen-bond donors (Lipinski definition) is 1. The van der Waals surface area contributed by atoms with Gasteiger partial charge < -0.3 is 10.1 Å². The molecule has 0 aliphatic rings. The third-order valence-corrected chi connectivity index (χ3v) is 3.14. The summed E-state index contributed by atoms with van der Waals surface area (Å²) >= 11 is 3.56. The summed E-state index contributed by atoms with van der Waals surface area (Å²) in [6.07, 6.45) is 0. The molecule has 19 heavy (non-hydrogen) atoms. The molecule has 0 atom stereocenters. The maximum absolute atomic E-state index is 5.99. The Morgan fingerprint density at radius 1 is 1.26 bits per heavy atom. The normalized spacial score (nSPS) is 12.0. The third-order valence-electron chi connectivity index (χ3n) is 2.69. The first kappa shape index (κ1) is 16.5. The molecule has 0 spiro atoms. The fourth-order valence-electron chi connectivity index (χ4n) is 1.75. The summed E-state index contributed by atoms with van der Waals surface area (Å²) in [7, 11) is 0. The van der Waals surface area contributed by atoms with Crippen LogP contribution in [0.25, 0.3) is 0 Å². The summed E-state index contributed by atoms with van der Waals surface area (Å²) in [5, 5.41) is 3.52. The number of rotatable bonds is 5. The highest BCUT2D eigenvalue weighted by Crippen LogP contribution is 2.29. The van der Waals surface area contributed by atoms with Crippen LogP contribution < -0.4 is 10.1 Å². The predicted octanol–water partition coefficient (Wildman–Crippen LogP) is 4.68. The largest absolute Gasteiger partial charge is 0.493 e. The number of benzene rings is 1. The lowest BCUT2D eigenvalue weighted by atomic mass is 10.1. The Bertz CT molecular complexity index is 421. The molecule has 108 valence electrons. The number of nitrogens with one attached hydrogen (secondary N) is 1. The van der Waals surface area contributed by atoms with Crippen LogP contribution in [0.5, 0.6) is 5.75 Å². The Morgan fingerprint density at radius 2 is 1.89 bits per heavy atom. The van der Waals surface area contributed by atoms with Crippen molar-refractivity contribution in [2.75, 3.05) is 6.61 Å². The zero-order valence-corrected chi connectivity index (χ0v) is 14.5. The van der Waals surface area contributed by atoms with Crippen molar-refractivity contribution in [3.8, 4) is 5.75 Å². The molecule has 0 amide bonds. The quantitative estimate of drug-likeness (QED) is 0.847. The summed E-state index contributed by atoms with van der Waals surface area (Å²) in [6.45, 7) is 14.5. The van der Waals surface area contributed by atoms with Gasteiger partial charge in [-0.3, -0.25) is 0 Å². The van der Waals surface area contributed by atoms with Gasteiger partial charge in [-0.15, -0.1) is 0 Å². The number of ether oxygens (including phenoxy) is 1. The number of hydrogen-bond acceptors (Lipinski definition) is 2. The SMILES string of the molecule is Cc1cc(Br)cc(CNC(C)(C)C)c1OCC(C)C. The Morgan fingerprint density at radius 3 is 2.42 bits per heavy atom. The molecule has 2 nitrogen and oxygen atoms in total. The summed E-state index contributed by atoms with van der Waals surface area (Å²) in [6, 6.07) is 4.25. The van der Waals surface area contributed by atoms with Gasteiger partial charge in [0.1, 0.15) is 5.75 Å². The van der Waals surface area contributed by atoms with Crippen molar-refractivity contribution in [3.05, 3.63) is 27.7 Å². The molecule has 3 heteroatoms.